The van der Waals surface area contributed by atoms with Gasteiger partial charge in [-0.25, -0.2) is 4.98 Å². The fourth-order valence-corrected chi connectivity index (χ4v) is 4.01. The molecule has 4 aromatic rings. The molecule has 0 saturated heterocycles. The SMILES string of the molecule is CS(=O)(=O)O.Cc1cccc(C)c1-c1cc(C)c2nc(Nc3ccc(C(=O)NCCN(C)C)cc3)nnc2c1.O.O. The lowest BCUT2D eigenvalue weighted by Gasteiger charge is -2.13. The number of carbonyl (C=O) groups excluding carboxylic acids is 1. The van der Waals surface area contributed by atoms with Gasteiger partial charge in [0.2, 0.25) is 5.95 Å². The van der Waals surface area contributed by atoms with E-state index in [-0.39, 0.29) is 16.9 Å². The van der Waals surface area contributed by atoms with E-state index in [0.717, 1.165) is 34.4 Å². The van der Waals surface area contributed by atoms with E-state index in [0.29, 0.717) is 24.3 Å². The normalized spacial score (nSPS) is 10.6. The standard InChI is InChI=1S/C27H30N6O.CH4O3S.2H2O/c1-17-7-6-8-18(2)24(17)21-15-19(3)25-23(16-21)31-32-27(30-25)29-22-11-9-20(10-12-22)26(34)28-13-14-33(4)5;1-5(2,3)4;;/h6-12,15-16H,13-14H2,1-5H3,(H,28,34)(H,29,30,32);1H3,(H,2,3,4);2*1H2. The third kappa shape index (κ3) is 10.5. The number of aromatic nitrogens is 3. The van der Waals surface area contributed by atoms with E-state index in [9.17, 15) is 13.2 Å². The zero-order valence-electron chi connectivity index (χ0n) is 24.0. The van der Waals surface area contributed by atoms with Crippen LogP contribution in [-0.2, 0) is 10.1 Å². The van der Waals surface area contributed by atoms with Crippen molar-refractivity contribution in [3.63, 3.8) is 0 Å². The molecule has 222 valence electrons. The van der Waals surface area contributed by atoms with Gasteiger partial charge >= 0.3 is 0 Å². The number of amides is 1. The summed E-state index contributed by atoms with van der Waals surface area (Å²) in [6, 6.07) is 17.8. The molecule has 0 fully saturated rings. The van der Waals surface area contributed by atoms with Gasteiger partial charge in [0.15, 0.2) is 0 Å². The van der Waals surface area contributed by atoms with E-state index in [1.54, 1.807) is 12.1 Å². The molecule has 1 aromatic heterocycles. The summed E-state index contributed by atoms with van der Waals surface area (Å²) in [5, 5.41) is 14.8. The van der Waals surface area contributed by atoms with Crippen LogP contribution in [0.3, 0.4) is 0 Å². The van der Waals surface area contributed by atoms with Crippen LogP contribution in [-0.4, -0.2) is 83.4 Å². The predicted molar refractivity (Wildman–Crippen MR) is 162 cm³/mol. The average Bonchev–Trinajstić information content (AvgIpc) is 2.83. The molecule has 0 radical (unpaired) electrons. The Morgan fingerprint density at radius 1 is 0.927 bits per heavy atom. The Balaban J connectivity index is 0.00000111. The maximum absolute atomic E-state index is 12.3. The predicted octanol–water partition coefficient (Wildman–Crippen LogP) is 2.51. The summed E-state index contributed by atoms with van der Waals surface area (Å²) < 4.78 is 25.9. The zero-order valence-corrected chi connectivity index (χ0v) is 24.8. The second-order valence-electron chi connectivity index (χ2n) is 9.56. The van der Waals surface area contributed by atoms with Gasteiger partial charge < -0.3 is 26.5 Å². The maximum atomic E-state index is 12.3. The minimum atomic E-state index is -3.67. The van der Waals surface area contributed by atoms with Crippen molar-refractivity contribution in [2.24, 2.45) is 0 Å². The number of rotatable bonds is 7. The molecule has 3 aromatic carbocycles. The first kappa shape index (κ1) is 35.0. The number of benzene rings is 3. The molecular formula is C28H38N6O6S. The quantitative estimate of drug-likeness (QED) is 0.272. The topological polar surface area (TPSA) is 200 Å². The maximum Gasteiger partial charge on any atom is 0.261 e. The summed E-state index contributed by atoms with van der Waals surface area (Å²) >= 11 is 0. The highest BCUT2D eigenvalue weighted by Crippen LogP contribution is 2.31. The Kier molecular flexibility index (Phi) is 12.9. The highest BCUT2D eigenvalue weighted by Gasteiger charge is 2.12. The summed E-state index contributed by atoms with van der Waals surface area (Å²) in [4.78, 5) is 19.0. The van der Waals surface area contributed by atoms with Gasteiger partial charge in [-0.15, -0.1) is 10.2 Å². The molecule has 0 atom stereocenters. The number of hydrogen-bond donors (Lipinski definition) is 3. The third-order valence-electron chi connectivity index (χ3n) is 5.77. The second kappa shape index (κ2) is 15.1. The van der Waals surface area contributed by atoms with Gasteiger partial charge in [-0.05, 0) is 99.1 Å². The minimum absolute atomic E-state index is 0. The summed E-state index contributed by atoms with van der Waals surface area (Å²) in [5.41, 5.74) is 8.81. The first-order valence-electron chi connectivity index (χ1n) is 12.3. The Bertz CT molecular complexity index is 1550. The van der Waals surface area contributed by atoms with Crippen LogP contribution in [0.5, 0.6) is 0 Å². The van der Waals surface area contributed by atoms with E-state index in [1.165, 1.54) is 16.7 Å². The number of likely N-dealkylation sites (N-methyl/N-ethyl adjacent to an activating group) is 1. The molecule has 1 heterocycles. The molecule has 0 saturated carbocycles. The first-order valence-corrected chi connectivity index (χ1v) is 14.1. The van der Waals surface area contributed by atoms with Crippen LogP contribution in [0.15, 0.2) is 54.6 Å². The molecule has 7 N–H and O–H groups in total. The fourth-order valence-electron chi connectivity index (χ4n) is 4.01. The molecule has 41 heavy (non-hydrogen) atoms. The largest absolute Gasteiger partial charge is 0.412 e. The van der Waals surface area contributed by atoms with Crippen LogP contribution in [0.25, 0.3) is 22.2 Å². The third-order valence-corrected chi connectivity index (χ3v) is 5.77. The van der Waals surface area contributed by atoms with E-state index in [2.05, 4.69) is 58.9 Å². The average molecular weight is 587 g/mol. The Hall–Kier alpha value is -4.01. The summed E-state index contributed by atoms with van der Waals surface area (Å²) in [5.74, 6) is 0.325. The van der Waals surface area contributed by atoms with Crippen LogP contribution >= 0.6 is 0 Å². The van der Waals surface area contributed by atoms with Gasteiger partial charge in [0.25, 0.3) is 16.0 Å². The lowest BCUT2D eigenvalue weighted by Crippen LogP contribution is -2.31. The molecule has 13 heteroatoms. The summed E-state index contributed by atoms with van der Waals surface area (Å²) in [6.45, 7) is 7.69. The lowest BCUT2D eigenvalue weighted by molar-refractivity contribution is 0.0951. The fraction of sp³-hybridized carbons (Fsp3) is 0.286. The van der Waals surface area contributed by atoms with Crippen LogP contribution < -0.4 is 10.6 Å². The van der Waals surface area contributed by atoms with E-state index in [4.69, 9.17) is 9.54 Å². The molecule has 0 bridgehead atoms. The number of carbonyl (C=O) groups is 1. The number of nitrogens with zero attached hydrogens (tertiary/aromatic N) is 4. The van der Waals surface area contributed by atoms with Crippen molar-refractivity contribution in [3.8, 4) is 11.1 Å². The molecule has 12 nitrogen and oxygen atoms in total. The van der Waals surface area contributed by atoms with Crippen molar-refractivity contribution in [3.05, 3.63) is 76.9 Å². The zero-order chi connectivity index (χ0) is 28.7. The minimum Gasteiger partial charge on any atom is -0.412 e. The molecule has 0 unspecified atom stereocenters. The highest BCUT2D eigenvalue weighted by molar-refractivity contribution is 7.85. The second-order valence-corrected chi connectivity index (χ2v) is 11.0. The molecule has 0 aliphatic rings. The first-order chi connectivity index (χ1) is 18.3. The number of anilines is 2. The van der Waals surface area contributed by atoms with Gasteiger partial charge in [0.05, 0.1) is 11.8 Å². The molecule has 1 amide bonds. The number of nitrogens with one attached hydrogen (secondary N) is 2. The van der Waals surface area contributed by atoms with E-state index >= 15 is 0 Å². The molecular weight excluding hydrogens is 548 g/mol. The van der Waals surface area contributed by atoms with Crippen molar-refractivity contribution < 1.29 is 28.7 Å². The van der Waals surface area contributed by atoms with Crippen molar-refractivity contribution in [1.82, 2.24) is 25.4 Å². The van der Waals surface area contributed by atoms with Gasteiger partial charge in [0.1, 0.15) is 5.52 Å². The van der Waals surface area contributed by atoms with Crippen molar-refractivity contribution in [2.75, 3.05) is 38.8 Å². The van der Waals surface area contributed by atoms with Crippen molar-refractivity contribution in [1.29, 1.82) is 0 Å². The number of aryl methyl sites for hydroxylation is 3. The van der Waals surface area contributed by atoms with Crippen LogP contribution in [0.4, 0.5) is 11.6 Å². The Morgan fingerprint density at radius 2 is 1.51 bits per heavy atom. The van der Waals surface area contributed by atoms with Gasteiger partial charge in [-0.2, -0.15) is 8.42 Å². The molecule has 0 aliphatic carbocycles. The molecule has 0 aliphatic heterocycles. The molecule has 0 spiro atoms. The van der Waals surface area contributed by atoms with Gasteiger partial charge in [0, 0.05) is 24.3 Å². The van der Waals surface area contributed by atoms with Crippen LogP contribution in [0.2, 0.25) is 0 Å². The Labute approximate surface area is 240 Å². The lowest BCUT2D eigenvalue weighted by atomic mass is 9.94. The summed E-state index contributed by atoms with van der Waals surface area (Å²) in [7, 11) is 0.282. The monoisotopic (exact) mass is 586 g/mol. The van der Waals surface area contributed by atoms with Gasteiger partial charge in [-0.1, -0.05) is 18.2 Å². The van der Waals surface area contributed by atoms with Crippen molar-refractivity contribution >= 4 is 38.7 Å². The van der Waals surface area contributed by atoms with Crippen molar-refractivity contribution in [2.45, 2.75) is 20.8 Å². The molecule has 4 rings (SSSR count). The van der Waals surface area contributed by atoms with E-state index in [1.807, 2.05) is 44.1 Å². The highest BCUT2D eigenvalue weighted by atomic mass is 32.2. The summed E-state index contributed by atoms with van der Waals surface area (Å²) in [6.07, 6.45) is 0.715. The van der Waals surface area contributed by atoms with Crippen LogP contribution in [0.1, 0.15) is 27.0 Å². The number of fused-ring (bicyclic) bond motifs is 1. The van der Waals surface area contributed by atoms with E-state index < -0.39 is 10.1 Å². The van der Waals surface area contributed by atoms with Crippen LogP contribution in [0, 0.1) is 20.8 Å². The smallest absolute Gasteiger partial charge is 0.261 e. The Morgan fingerprint density at radius 3 is 2.07 bits per heavy atom. The van der Waals surface area contributed by atoms with Gasteiger partial charge in [-0.3, -0.25) is 9.35 Å². The number of hydrogen-bond acceptors (Lipinski definition) is 8.